The van der Waals surface area contributed by atoms with Crippen LogP contribution in [-0.2, 0) is 6.54 Å². The topological polar surface area (TPSA) is 86.8 Å². The number of anilines is 1. The molecule has 0 saturated heterocycles. The zero-order chi connectivity index (χ0) is 15.0. The second-order valence-electron chi connectivity index (χ2n) is 5.12. The van der Waals surface area contributed by atoms with Crippen molar-refractivity contribution in [1.29, 1.82) is 0 Å². The minimum atomic E-state index is -0.664. The van der Waals surface area contributed by atoms with E-state index >= 15 is 0 Å². The number of nitrogens with one attached hydrogen (secondary N) is 1. The van der Waals surface area contributed by atoms with Crippen molar-refractivity contribution >= 4 is 11.6 Å². The molecule has 0 atom stereocenters. The van der Waals surface area contributed by atoms with Crippen molar-refractivity contribution in [2.75, 3.05) is 5.32 Å². The summed E-state index contributed by atoms with van der Waals surface area (Å²) in [5, 5.41) is 13.7. The number of rotatable bonds is 4. The maximum Gasteiger partial charge on any atom is 0.433 e. The third-order valence-corrected chi connectivity index (χ3v) is 2.95. The van der Waals surface area contributed by atoms with Crippen LogP contribution in [0.5, 0.6) is 11.5 Å². The number of fused-ring (bicyclic) bond motifs is 1. The summed E-state index contributed by atoms with van der Waals surface area (Å²) in [4.78, 5) is 9.97. The molecule has 1 aliphatic rings. The molecule has 1 N–H and O–H groups in total. The molecule has 1 aromatic heterocycles. The van der Waals surface area contributed by atoms with E-state index in [9.17, 15) is 10.1 Å². The SMILES string of the molecule is CC1(C)Oc2ccc(NCc3ccc([N+](=O)[O-])o3)cc2O1. The largest absolute Gasteiger partial charge is 0.449 e. The summed E-state index contributed by atoms with van der Waals surface area (Å²) in [5.41, 5.74) is 0.814. The fraction of sp³-hybridized carbons (Fsp3) is 0.286. The minimum absolute atomic E-state index is 0.265. The van der Waals surface area contributed by atoms with Gasteiger partial charge in [-0.05, 0) is 18.2 Å². The van der Waals surface area contributed by atoms with Crippen LogP contribution in [0.2, 0.25) is 0 Å². The number of nitrogens with zero attached hydrogens (tertiary/aromatic N) is 1. The Hall–Kier alpha value is -2.70. The van der Waals surface area contributed by atoms with Crippen molar-refractivity contribution in [3.63, 3.8) is 0 Å². The van der Waals surface area contributed by atoms with Gasteiger partial charge >= 0.3 is 5.88 Å². The molecular formula is C14H14N2O5. The lowest BCUT2D eigenvalue weighted by atomic mass is 10.2. The number of hydrogen-bond acceptors (Lipinski definition) is 6. The van der Waals surface area contributed by atoms with Crippen LogP contribution < -0.4 is 14.8 Å². The Labute approximate surface area is 120 Å². The van der Waals surface area contributed by atoms with Crippen LogP contribution in [-0.4, -0.2) is 10.7 Å². The molecule has 1 aliphatic heterocycles. The molecule has 0 aliphatic carbocycles. The second kappa shape index (κ2) is 4.69. The fourth-order valence-electron chi connectivity index (χ4n) is 2.08. The van der Waals surface area contributed by atoms with E-state index in [0.29, 0.717) is 23.8 Å². The number of ether oxygens (including phenoxy) is 2. The normalized spacial score (nSPS) is 15.0. The van der Waals surface area contributed by atoms with Gasteiger partial charge in [-0.1, -0.05) is 0 Å². The van der Waals surface area contributed by atoms with Gasteiger partial charge in [0.1, 0.15) is 10.7 Å². The summed E-state index contributed by atoms with van der Waals surface area (Å²) in [5.74, 6) is 0.913. The van der Waals surface area contributed by atoms with E-state index in [1.54, 1.807) is 6.07 Å². The highest BCUT2D eigenvalue weighted by Crippen LogP contribution is 2.40. The lowest BCUT2D eigenvalue weighted by Crippen LogP contribution is -2.29. The van der Waals surface area contributed by atoms with E-state index in [2.05, 4.69) is 5.32 Å². The maximum atomic E-state index is 10.5. The van der Waals surface area contributed by atoms with E-state index in [1.165, 1.54) is 6.07 Å². The Morgan fingerprint density at radius 1 is 1.19 bits per heavy atom. The predicted octanol–water partition coefficient (Wildman–Crippen LogP) is 3.31. The van der Waals surface area contributed by atoms with Crippen LogP contribution in [0.4, 0.5) is 11.6 Å². The highest BCUT2D eigenvalue weighted by Gasteiger charge is 2.31. The molecule has 3 rings (SSSR count). The molecule has 110 valence electrons. The molecule has 0 spiro atoms. The smallest absolute Gasteiger partial charge is 0.433 e. The van der Waals surface area contributed by atoms with Gasteiger partial charge < -0.3 is 19.2 Å². The van der Waals surface area contributed by atoms with E-state index in [-0.39, 0.29) is 5.88 Å². The van der Waals surface area contributed by atoms with Gasteiger partial charge in [-0.2, -0.15) is 0 Å². The van der Waals surface area contributed by atoms with E-state index < -0.39 is 10.7 Å². The quantitative estimate of drug-likeness (QED) is 0.686. The van der Waals surface area contributed by atoms with Crippen molar-refractivity contribution in [3.05, 3.63) is 46.2 Å². The molecule has 21 heavy (non-hydrogen) atoms. The molecule has 7 nitrogen and oxygen atoms in total. The van der Waals surface area contributed by atoms with Crippen LogP contribution in [0.15, 0.2) is 34.7 Å². The molecule has 0 bridgehead atoms. The number of hydrogen-bond donors (Lipinski definition) is 1. The zero-order valence-corrected chi connectivity index (χ0v) is 11.6. The molecular weight excluding hydrogens is 276 g/mol. The van der Waals surface area contributed by atoms with Crippen molar-refractivity contribution in [2.45, 2.75) is 26.2 Å². The standard InChI is InChI=1S/C14H14N2O5/c1-14(2)20-11-5-3-9(7-12(11)21-14)15-8-10-4-6-13(19-10)16(17)18/h3-7,15H,8H2,1-2H3. The average Bonchev–Trinajstić information content (AvgIpc) is 2.98. The number of benzene rings is 1. The summed E-state index contributed by atoms with van der Waals surface area (Å²) in [7, 11) is 0. The van der Waals surface area contributed by atoms with Crippen LogP contribution in [0.1, 0.15) is 19.6 Å². The minimum Gasteiger partial charge on any atom is -0.449 e. The Balaban J connectivity index is 1.68. The summed E-state index contributed by atoms with van der Waals surface area (Å²) >= 11 is 0. The van der Waals surface area contributed by atoms with Crippen LogP contribution >= 0.6 is 0 Å². The summed E-state index contributed by atoms with van der Waals surface area (Å²) < 4.78 is 16.3. The van der Waals surface area contributed by atoms with Gasteiger partial charge in [0.15, 0.2) is 11.5 Å². The Bertz CT molecular complexity index is 692. The highest BCUT2D eigenvalue weighted by molar-refractivity contribution is 5.56. The van der Waals surface area contributed by atoms with Crippen molar-refractivity contribution in [2.24, 2.45) is 0 Å². The summed E-state index contributed by atoms with van der Waals surface area (Å²) in [6.07, 6.45) is 0. The third kappa shape index (κ3) is 2.76. The Morgan fingerprint density at radius 2 is 1.95 bits per heavy atom. The van der Waals surface area contributed by atoms with E-state index in [4.69, 9.17) is 13.9 Å². The third-order valence-electron chi connectivity index (χ3n) is 2.95. The average molecular weight is 290 g/mol. The summed E-state index contributed by atoms with van der Waals surface area (Å²) in [6, 6.07) is 8.39. The van der Waals surface area contributed by atoms with E-state index in [1.807, 2.05) is 32.0 Å². The molecule has 7 heteroatoms. The highest BCUT2D eigenvalue weighted by atomic mass is 16.7. The van der Waals surface area contributed by atoms with Crippen molar-refractivity contribution in [3.8, 4) is 11.5 Å². The van der Waals surface area contributed by atoms with Gasteiger partial charge in [0, 0.05) is 25.6 Å². The molecule has 1 aromatic carbocycles. The zero-order valence-electron chi connectivity index (χ0n) is 11.6. The molecule has 0 unspecified atom stereocenters. The first-order valence-electron chi connectivity index (χ1n) is 6.42. The van der Waals surface area contributed by atoms with Crippen molar-refractivity contribution < 1.29 is 18.8 Å². The second-order valence-corrected chi connectivity index (χ2v) is 5.12. The monoisotopic (exact) mass is 290 g/mol. The predicted molar refractivity (Wildman–Crippen MR) is 74.5 cm³/mol. The first-order chi connectivity index (χ1) is 9.93. The van der Waals surface area contributed by atoms with Gasteiger partial charge in [-0.15, -0.1) is 0 Å². The number of nitro groups is 1. The molecule has 2 heterocycles. The van der Waals surface area contributed by atoms with Gasteiger partial charge in [-0.25, -0.2) is 0 Å². The van der Waals surface area contributed by atoms with Crippen LogP contribution in [0.3, 0.4) is 0 Å². The molecule has 0 saturated carbocycles. The molecule has 0 radical (unpaired) electrons. The van der Waals surface area contributed by atoms with Gasteiger partial charge in [0.2, 0.25) is 5.79 Å². The Morgan fingerprint density at radius 3 is 2.67 bits per heavy atom. The molecule has 2 aromatic rings. The molecule has 0 amide bonds. The first-order valence-corrected chi connectivity index (χ1v) is 6.42. The van der Waals surface area contributed by atoms with Crippen molar-refractivity contribution in [1.82, 2.24) is 0 Å². The summed E-state index contributed by atoms with van der Waals surface area (Å²) in [6.45, 7) is 4.01. The Kier molecular flexibility index (Phi) is 2.97. The van der Waals surface area contributed by atoms with Crippen LogP contribution in [0.25, 0.3) is 0 Å². The fourth-order valence-corrected chi connectivity index (χ4v) is 2.08. The van der Waals surface area contributed by atoms with Gasteiger partial charge in [0.25, 0.3) is 0 Å². The van der Waals surface area contributed by atoms with Gasteiger partial charge in [0.05, 0.1) is 12.6 Å². The lowest BCUT2D eigenvalue weighted by molar-refractivity contribution is -0.402. The first kappa shape index (κ1) is 13.3. The number of furan rings is 1. The van der Waals surface area contributed by atoms with Gasteiger partial charge in [-0.3, -0.25) is 10.1 Å². The molecule has 0 fully saturated rings. The lowest BCUT2D eigenvalue weighted by Gasteiger charge is -2.16. The maximum absolute atomic E-state index is 10.5. The van der Waals surface area contributed by atoms with E-state index in [0.717, 1.165) is 5.69 Å². The van der Waals surface area contributed by atoms with Crippen LogP contribution in [0, 0.1) is 10.1 Å².